The fourth-order valence-corrected chi connectivity index (χ4v) is 13.2. The summed E-state index contributed by atoms with van der Waals surface area (Å²) in [6.07, 6.45) is 23.4. The molecule has 3 saturated heterocycles. The van der Waals surface area contributed by atoms with E-state index >= 15 is 0 Å². The Morgan fingerprint density at radius 3 is 1.42 bits per heavy atom. The first-order chi connectivity index (χ1) is 45.9. The van der Waals surface area contributed by atoms with Crippen LogP contribution in [0.3, 0.4) is 0 Å². The number of carbonyl (C=O) groups is 3. The highest BCUT2D eigenvalue weighted by atomic mass is 16.8. The van der Waals surface area contributed by atoms with Gasteiger partial charge in [0, 0.05) is 19.8 Å². The topological polar surface area (TPSA) is 373 Å². The van der Waals surface area contributed by atoms with E-state index in [9.17, 15) is 75.7 Å². The van der Waals surface area contributed by atoms with E-state index in [1.165, 1.54) is 161 Å². The fraction of sp³-hybridized carbons (Fsp3) is 0.931. The van der Waals surface area contributed by atoms with E-state index in [-0.39, 0.29) is 18.9 Å². The lowest BCUT2D eigenvalue weighted by Gasteiger charge is -2.50. The van der Waals surface area contributed by atoms with Crippen LogP contribution < -0.4 is 10.6 Å². The van der Waals surface area contributed by atoms with Crippen LogP contribution in [0.15, 0.2) is 12.2 Å². The van der Waals surface area contributed by atoms with Gasteiger partial charge in [-0.15, -0.1) is 0 Å². The van der Waals surface area contributed by atoms with Crippen molar-refractivity contribution in [2.75, 3.05) is 26.4 Å². The lowest BCUT2D eigenvalue weighted by Crippen LogP contribution is -2.70. The van der Waals surface area contributed by atoms with Gasteiger partial charge >= 0.3 is 5.97 Å². The number of hydrogen-bond donors (Lipinski definition) is 14. The number of carboxylic acid groups (broad SMARTS) is 1. The number of aliphatic carboxylic acids is 1. The lowest BCUT2D eigenvalue weighted by atomic mass is 9.88. The van der Waals surface area contributed by atoms with Crippen molar-refractivity contribution in [1.82, 2.24) is 10.6 Å². The molecule has 2 amide bonds. The van der Waals surface area contributed by atoms with Gasteiger partial charge in [0.1, 0.15) is 67.1 Å². The largest absolute Gasteiger partial charge is 0.477 e. The molecule has 3 fully saturated rings. The van der Waals surface area contributed by atoms with Crippen LogP contribution in [0, 0.1) is 0 Å². The van der Waals surface area contributed by atoms with Gasteiger partial charge in [-0.25, -0.2) is 4.79 Å². The average Bonchev–Trinajstić information content (AvgIpc) is 0.757. The number of ether oxygens (including phenoxy) is 6. The molecule has 95 heavy (non-hydrogen) atoms. The third-order valence-electron chi connectivity index (χ3n) is 19.2. The highest BCUT2D eigenvalue weighted by molar-refractivity contribution is 5.77. The molecule has 23 heteroatoms. The minimum atomic E-state index is -3.08. The van der Waals surface area contributed by atoms with E-state index in [1.54, 1.807) is 0 Å². The van der Waals surface area contributed by atoms with E-state index in [2.05, 4.69) is 36.6 Å². The van der Waals surface area contributed by atoms with E-state index < -0.39 is 148 Å². The molecule has 0 bridgehead atoms. The molecule has 3 heterocycles. The zero-order valence-electron chi connectivity index (χ0n) is 58.5. The average molecular weight is 1360 g/mol. The predicted octanol–water partition coefficient (Wildman–Crippen LogP) is 8.24. The first kappa shape index (κ1) is 86.7. The van der Waals surface area contributed by atoms with Crippen molar-refractivity contribution < 1.29 is 104 Å². The molecular formula is C72H134N2O21. The smallest absolute Gasteiger partial charge is 0.364 e. The van der Waals surface area contributed by atoms with Gasteiger partial charge in [0.15, 0.2) is 12.6 Å². The first-order valence-electron chi connectivity index (χ1n) is 37.5. The second-order valence-electron chi connectivity index (χ2n) is 27.5. The Labute approximate surface area is 569 Å². The zero-order chi connectivity index (χ0) is 69.6. The van der Waals surface area contributed by atoms with Crippen LogP contribution in [0.25, 0.3) is 0 Å². The highest BCUT2D eigenvalue weighted by Gasteiger charge is 2.60. The number of allylic oxidation sites excluding steroid dienone is 2. The number of aliphatic hydroxyl groups is 11. The van der Waals surface area contributed by atoms with Crippen LogP contribution in [0.2, 0.25) is 0 Å². The molecule has 558 valence electrons. The van der Waals surface area contributed by atoms with Crippen molar-refractivity contribution in [3.8, 4) is 0 Å². The fourth-order valence-electron chi connectivity index (χ4n) is 13.2. The van der Waals surface area contributed by atoms with Crippen molar-refractivity contribution in [2.45, 2.75) is 400 Å². The summed E-state index contributed by atoms with van der Waals surface area (Å²) in [6.45, 7) is 2.24. The molecule has 23 nitrogen and oxygen atoms in total. The standard InChI is InChI=1S/C72H134N2O21/c1-4-6-8-10-12-14-16-18-20-22-24-25-26-28-30-32-34-36-38-40-42-44-46-59(82)74-53(54(79)45-43-41-39-37-35-33-31-29-27-23-21-19-17-15-13-11-9-7-5-2)51-90-69-64(86)63(85)66(58(50-77)92-69)93-70-65(87)68(62(84)57(49-76)91-70)95-72(71(88)89)47-55(80)60(73-52(3)78)67(94-72)61(83)56(81)48-75/h26,28,53-58,60-70,75-77,79-81,83-87H,4-25,27,29-51H2,1-3H3,(H,73,78)(H,74,82)(H,88,89)/b28-26-. The van der Waals surface area contributed by atoms with Gasteiger partial charge in [0.25, 0.3) is 5.79 Å². The van der Waals surface area contributed by atoms with Gasteiger partial charge in [0.2, 0.25) is 11.8 Å². The molecule has 18 atom stereocenters. The molecule has 0 aliphatic carbocycles. The maximum Gasteiger partial charge on any atom is 0.364 e. The SMILES string of the molecule is CCCCCCCCCCCCC/C=C\CCCCCCCCCC(=O)NC(COC1OC(CO)C(OC2OC(CO)C(O)C(OC3(C(=O)O)CC(O)C(NC(C)=O)C(C(O)C(O)CO)O3)C2O)C(O)C1O)C(O)CCCCCCCCCCCCCCCCCCCCC. The maximum absolute atomic E-state index is 13.5. The van der Waals surface area contributed by atoms with Crippen molar-refractivity contribution >= 4 is 17.8 Å². The summed E-state index contributed by atoms with van der Waals surface area (Å²) in [5, 5.41) is 136. The highest BCUT2D eigenvalue weighted by Crippen LogP contribution is 2.39. The van der Waals surface area contributed by atoms with E-state index in [0.29, 0.717) is 19.3 Å². The van der Waals surface area contributed by atoms with Crippen LogP contribution in [-0.2, 0) is 42.8 Å². The third kappa shape index (κ3) is 34.1. The Kier molecular flexibility index (Phi) is 47.9. The summed E-state index contributed by atoms with van der Waals surface area (Å²) in [6, 6.07) is -2.53. The Morgan fingerprint density at radius 2 is 0.979 bits per heavy atom. The minimum Gasteiger partial charge on any atom is -0.477 e. The summed E-state index contributed by atoms with van der Waals surface area (Å²) in [5.41, 5.74) is 0. The lowest BCUT2D eigenvalue weighted by molar-refractivity contribution is -0.386. The number of rotatable bonds is 58. The third-order valence-corrected chi connectivity index (χ3v) is 19.2. The second-order valence-corrected chi connectivity index (χ2v) is 27.5. The molecule has 3 aliphatic rings. The molecule has 18 unspecified atom stereocenters. The zero-order valence-corrected chi connectivity index (χ0v) is 58.5. The Balaban J connectivity index is 1.56. The summed E-state index contributed by atoms with van der Waals surface area (Å²) in [7, 11) is 0. The molecule has 0 saturated carbocycles. The quantitative estimate of drug-likeness (QED) is 0.0201. The van der Waals surface area contributed by atoms with Crippen molar-refractivity contribution in [2.24, 2.45) is 0 Å². The normalized spacial score (nSPS) is 27.7. The summed E-state index contributed by atoms with van der Waals surface area (Å²) in [5.74, 6) is -6.10. The second kappa shape index (κ2) is 52.5. The predicted molar refractivity (Wildman–Crippen MR) is 362 cm³/mol. The Morgan fingerprint density at radius 1 is 0.537 bits per heavy atom. The van der Waals surface area contributed by atoms with E-state index in [0.717, 1.165) is 84.0 Å². The van der Waals surface area contributed by atoms with Gasteiger partial charge in [-0.1, -0.05) is 244 Å². The summed E-state index contributed by atoms with van der Waals surface area (Å²) >= 11 is 0. The van der Waals surface area contributed by atoms with Crippen LogP contribution in [-0.4, -0.2) is 215 Å². The molecule has 0 aromatic rings. The first-order valence-corrected chi connectivity index (χ1v) is 37.5. The number of nitrogens with one attached hydrogen (secondary N) is 2. The van der Waals surface area contributed by atoms with Crippen molar-refractivity contribution in [3.63, 3.8) is 0 Å². The van der Waals surface area contributed by atoms with Crippen LogP contribution in [0.5, 0.6) is 0 Å². The number of hydrogen-bond acceptors (Lipinski definition) is 20. The van der Waals surface area contributed by atoms with Crippen LogP contribution in [0.4, 0.5) is 0 Å². The monoisotopic (exact) mass is 1360 g/mol. The van der Waals surface area contributed by atoms with E-state index in [1.807, 2.05) is 0 Å². The minimum absolute atomic E-state index is 0.220. The number of carbonyl (C=O) groups excluding carboxylic acids is 2. The molecule has 3 aliphatic heterocycles. The number of amides is 2. The van der Waals surface area contributed by atoms with Crippen molar-refractivity contribution in [3.05, 3.63) is 12.2 Å². The molecule has 0 aromatic carbocycles. The van der Waals surface area contributed by atoms with Gasteiger partial charge < -0.3 is 100 Å². The Bertz CT molecular complexity index is 1960. The van der Waals surface area contributed by atoms with Gasteiger partial charge in [0.05, 0.1) is 50.7 Å². The molecule has 0 spiro atoms. The Hall–Kier alpha value is -2.53. The van der Waals surface area contributed by atoms with E-state index in [4.69, 9.17) is 28.4 Å². The van der Waals surface area contributed by atoms with Gasteiger partial charge in [-0.05, 0) is 38.5 Å². The number of unbranched alkanes of at least 4 members (excludes halogenated alkanes) is 36. The molecule has 14 N–H and O–H groups in total. The molecule has 0 radical (unpaired) electrons. The summed E-state index contributed by atoms with van der Waals surface area (Å²) < 4.78 is 34.9. The van der Waals surface area contributed by atoms with Gasteiger partial charge in [-0.3, -0.25) is 9.59 Å². The number of aliphatic hydroxyl groups excluding tert-OH is 11. The molecule has 3 rings (SSSR count). The summed E-state index contributed by atoms with van der Waals surface area (Å²) in [4.78, 5) is 38.6. The number of carboxylic acids is 1. The van der Waals surface area contributed by atoms with Crippen molar-refractivity contribution in [1.29, 1.82) is 0 Å². The van der Waals surface area contributed by atoms with Gasteiger partial charge in [-0.2, -0.15) is 0 Å². The van der Waals surface area contributed by atoms with Crippen LogP contribution >= 0.6 is 0 Å². The molecular weight excluding hydrogens is 1230 g/mol. The molecule has 0 aromatic heterocycles. The van der Waals surface area contributed by atoms with Crippen LogP contribution in [0.1, 0.15) is 290 Å². The maximum atomic E-state index is 13.5.